The summed E-state index contributed by atoms with van der Waals surface area (Å²) in [6, 6.07) is 8.51. The molecule has 1 aliphatic carbocycles. The highest BCUT2D eigenvalue weighted by molar-refractivity contribution is 6.42. The lowest BCUT2D eigenvalue weighted by atomic mass is 10.3. The molecule has 0 atom stereocenters. The Kier molecular flexibility index (Phi) is 4.60. The number of hydrogen-bond donors (Lipinski definition) is 1. The highest BCUT2D eigenvalue weighted by Crippen LogP contribution is 2.32. The SMILES string of the molecule is O=C(NCC1CC1)c1ccc(COc2cccc(Cl)c2Cl)o1. The monoisotopic (exact) mass is 339 g/mol. The van der Waals surface area contributed by atoms with Gasteiger partial charge in [0.05, 0.1) is 5.02 Å². The van der Waals surface area contributed by atoms with Gasteiger partial charge in [-0.05, 0) is 43.0 Å². The van der Waals surface area contributed by atoms with Crippen molar-refractivity contribution in [2.24, 2.45) is 5.92 Å². The molecule has 1 aromatic heterocycles. The van der Waals surface area contributed by atoms with Crippen molar-refractivity contribution >= 4 is 29.1 Å². The Morgan fingerprint density at radius 2 is 2.09 bits per heavy atom. The molecule has 0 radical (unpaired) electrons. The van der Waals surface area contributed by atoms with Gasteiger partial charge in [-0.1, -0.05) is 29.3 Å². The highest BCUT2D eigenvalue weighted by Gasteiger charge is 2.22. The fourth-order valence-corrected chi connectivity index (χ4v) is 2.31. The molecule has 3 rings (SSSR count). The van der Waals surface area contributed by atoms with E-state index in [2.05, 4.69) is 5.32 Å². The van der Waals surface area contributed by atoms with E-state index in [0.717, 1.165) is 0 Å². The molecule has 116 valence electrons. The zero-order valence-corrected chi connectivity index (χ0v) is 13.3. The van der Waals surface area contributed by atoms with E-state index in [4.69, 9.17) is 32.4 Å². The average molecular weight is 340 g/mol. The largest absolute Gasteiger partial charge is 0.484 e. The number of amides is 1. The molecule has 1 N–H and O–H groups in total. The molecule has 1 heterocycles. The molecule has 1 aliphatic rings. The van der Waals surface area contributed by atoms with Gasteiger partial charge in [-0.25, -0.2) is 0 Å². The molecule has 4 nitrogen and oxygen atoms in total. The van der Waals surface area contributed by atoms with Crippen molar-refractivity contribution in [2.45, 2.75) is 19.4 Å². The summed E-state index contributed by atoms with van der Waals surface area (Å²) in [5, 5.41) is 3.64. The smallest absolute Gasteiger partial charge is 0.287 e. The third-order valence-electron chi connectivity index (χ3n) is 3.42. The predicted octanol–water partition coefficient (Wildman–Crippen LogP) is 4.31. The number of hydrogen-bond acceptors (Lipinski definition) is 3. The molecule has 1 aromatic carbocycles. The Morgan fingerprint density at radius 3 is 2.86 bits per heavy atom. The lowest BCUT2D eigenvalue weighted by molar-refractivity contribution is 0.0920. The van der Waals surface area contributed by atoms with Crippen LogP contribution in [0.2, 0.25) is 10.0 Å². The van der Waals surface area contributed by atoms with Crippen LogP contribution in [-0.4, -0.2) is 12.5 Å². The maximum atomic E-state index is 11.9. The van der Waals surface area contributed by atoms with E-state index < -0.39 is 0 Å². The fourth-order valence-electron chi connectivity index (χ4n) is 1.97. The summed E-state index contributed by atoms with van der Waals surface area (Å²) in [4.78, 5) is 11.9. The van der Waals surface area contributed by atoms with Gasteiger partial charge in [0.2, 0.25) is 0 Å². The van der Waals surface area contributed by atoms with Gasteiger partial charge < -0.3 is 14.5 Å². The first-order chi connectivity index (χ1) is 10.6. The topological polar surface area (TPSA) is 51.5 Å². The van der Waals surface area contributed by atoms with Crippen molar-refractivity contribution in [2.75, 3.05) is 6.54 Å². The summed E-state index contributed by atoms with van der Waals surface area (Å²) < 4.78 is 11.0. The van der Waals surface area contributed by atoms with Crippen LogP contribution in [0, 0.1) is 5.92 Å². The summed E-state index contributed by atoms with van der Waals surface area (Å²) in [5.41, 5.74) is 0. The van der Waals surface area contributed by atoms with Crippen LogP contribution in [0.15, 0.2) is 34.7 Å². The third kappa shape index (κ3) is 3.76. The van der Waals surface area contributed by atoms with Gasteiger partial charge in [0, 0.05) is 6.54 Å². The first-order valence-electron chi connectivity index (χ1n) is 7.07. The van der Waals surface area contributed by atoms with E-state index in [1.54, 1.807) is 30.3 Å². The Labute approximate surface area is 138 Å². The van der Waals surface area contributed by atoms with Crippen LogP contribution in [-0.2, 0) is 6.61 Å². The number of ether oxygens (including phenoxy) is 1. The molecule has 1 fully saturated rings. The van der Waals surface area contributed by atoms with Crippen molar-refractivity contribution in [3.05, 3.63) is 51.9 Å². The van der Waals surface area contributed by atoms with Gasteiger partial charge in [-0.3, -0.25) is 4.79 Å². The number of halogens is 2. The fraction of sp³-hybridized carbons (Fsp3) is 0.312. The standard InChI is InChI=1S/C16H15Cl2NO3/c17-12-2-1-3-13(15(12)18)21-9-11-6-7-14(22-11)16(20)19-8-10-4-5-10/h1-3,6-7,10H,4-5,8-9H2,(H,19,20). The van der Waals surface area contributed by atoms with Crippen molar-refractivity contribution in [1.82, 2.24) is 5.32 Å². The van der Waals surface area contributed by atoms with Gasteiger partial charge in [0.15, 0.2) is 5.76 Å². The van der Waals surface area contributed by atoms with E-state index >= 15 is 0 Å². The summed E-state index contributed by atoms with van der Waals surface area (Å²) in [6.45, 7) is 0.888. The molecule has 0 bridgehead atoms. The number of benzene rings is 1. The van der Waals surface area contributed by atoms with Gasteiger partial charge in [-0.15, -0.1) is 0 Å². The summed E-state index contributed by atoms with van der Waals surface area (Å²) in [7, 11) is 0. The number of furan rings is 1. The number of rotatable bonds is 6. The molecule has 1 amide bonds. The van der Waals surface area contributed by atoms with E-state index in [0.29, 0.717) is 34.0 Å². The second-order valence-electron chi connectivity index (χ2n) is 5.26. The van der Waals surface area contributed by atoms with E-state index in [1.807, 2.05) is 0 Å². The van der Waals surface area contributed by atoms with Crippen LogP contribution in [0.4, 0.5) is 0 Å². The first kappa shape index (κ1) is 15.3. The van der Waals surface area contributed by atoms with Gasteiger partial charge in [-0.2, -0.15) is 0 Å². The maximum absolute atomic E-state index is 11.9. The normalized spacial score (nSPS) is 13.9. The molecule has 0 unspecified atom stereocenters. The second kappa shape index (κ2) is 6.63. The Bertz CT molecular complexity index is 680. The summed E-state index contributed by atoms with van der Waals surface area (Å²) in [6.07, 6.45) is 2.38. The van der Waals surface area contributed by atoms with Crippen LogP contribution < -0.4 is 10.1 Å². The molecule has 0 saturated heterocycles. The summed E-state index contributed by atoms with van der Waals surface area (Å²) in [5.74, 6) is 1.75. The van der Waals surface area contributed by atoms with E-state index in [1.165, 1.54) is 12.8 Å². The molecular weight excluding hydrogens is 325 g/mol. The number of carbonyl (C=O) groups excluding carboxylic acids is 1. The minimum Gasteiger partial charge on any atom is -0.484 e. The molecule has 0 aliphatic heterocycles. The van der Waals surface area contributed by atoms with Crippen LogP contribution >= 0.6 is 23.2 Å². The van der Waals surface area contributed by atoms with Crippen molar-refractivity contribution < 1.29 is 13.9 Å². The van der Waals surface area contributed by atoms with Gasteiger partial charge in [0.1, 0.15) is 23.1 Å². The highest BCUT2D eigenvalue weighted by atomic mass is 35.5. The van der Waals surface area contributed by atoms with Crippen molar-refractivity contribution in [3.63, 3.8) is 0 Å². The number of carbonyl (C=O) groups is 1. The van der Waals surface area contributed by atoms with E-state index in [-0.39, 0.29) is 18.3 Å². The second-order valence-corrected chi connectivity index (χ2v) is 6.05. The molecule has 22 heavy (non-hydrogen) atoms. The van der Waals surface area contributed by atoms with Crippen molar-refractivity contribution in [3.8, 4) is 5.75 Å². The summed E-state index contributed by atoms with van der Waals surface area (Å²) >= 11 is 12.0. The first-order valence-corrected chi connectivity index (χ1v) is 7.83. The number of nitrogens with one attached hydrogen (secondary N) is 1. The zero-order valence-electron chi connectivity index (χ0n) is 11.8. The Balaban J connectivity index is 1.56. The molecule has 2 aromatic rings. The van der Waals surface area contributed by atoms with Crippen molar-refractivity contribution in [1.29, 1.82) is 0 Å². The van der Waals surface area contributed by atoms with Crippen LogP contribution in [0.5, 0.6) is 5.75 Å². The van der Waals surface area contributed by atoms with Gasteiger partial charge >= 0.3 is 0 Å². The van der Waals surface area contributed by atoms with Crippen LogP contribution in [0.1, 0.15) is 29.2 Å². The quantitative estimate of drug-likeness (QED) is 0.853. The Morgan fingerprint density at radius 1 is 1.27 bits per heavy atom. The Hall–Kier alpha value is -1.65. The van der Waals surface area contributed by atoms with Gasteiger partial charge in [0.25, 0.3) is 5.91 Å². The molecular formula is C16H15Cl2NO3. The third-order valence-corrected chi connectivity index (χ3v) is 4.22. The molecule has 6 heteroatoms. The van der Waals surface area contributed by atoms with Crippen LogP contribution in [0.3, 0.4) is 0 Å². The molecule has 0 spiro atoms. The lowest BCUT2D eigenvalue weighted by Gasteiger charge is -2.07. The van der Waals surface area contributed by atoms with E-state index in [9.17, 15) is 4.79 Å². The lowest BCUT2D eigenvalue weighted by Crippen LogP contribution is -2.24. The average Bonchev–Trinajstić information content (AvgIpc) is 3.22. The minimum atomic E-state index is -0.195. The molecule has 1 saturated carbocycles. The van der Waals surface area contributed by atoms with Crippen LogP contribution in [0.25, 0.3) is 0 Å². The zero-order chi connectivity index (χ0) is 15.5. The maximum Gasteiger partial charge on any atom is 0.287 e. The predicted molar refractivity (Wildman–Crippen MR) is 84.6 cm³/mol. The minimum absolute atomic E-state index is 0.177.